The molecule has 0 aliphatic carbocycles. The SMILES string of the molecule is CCCCO[P+](P)(OCCCC)Oc1cccc(F)c1. The van der Waals surface area contributed by atoms with Crippen molar-refractivity contribution in [2.24, 2.45) is 0 Å². The molecule has 0 N–H and O–H groups in total. The van der Waals surface area contributed by atoms with Gasteiger partial charge >= 0.3 is 7.63 Å². The Hall–Kier alpha value is -0.270. The first-order valence-electron chi connectivity index (χ1n) is 7.01. The fraction of sp³-hybridized carbons (Fsp3) is 0.571. The van der Waals surface area contributed by atoms with Gasteiger partial charge in [0, 0.05) is 6.07 Å². The van der Waals surface area contributed by atoms with E-state index in [0.29, 0.717) is 19.0 Å². The molecule has 1 unspecified atom stereocenters. The smallest absolute Gasteiger partial charge is 0.285 e. The van der Waals surface area contributed by atoms with Gasteiger partial charge in [-0.2, -0.15) is 9.05 Å². The molecular weight excluding hydrogens is 297 g/mol. The van der Waals surface area contributed by atoms with E-state index >= 15 is 0 Å². The molecule has 114 valence electrons. The van der Waals surface area contributed by atoms with Crippen LogP contribution in [0.2, 0.25) is 0 Å². The van der Waals surface area contributed by atoms with Gasteiger partial charge in [0.05, 0.1) is 13.2 Å². The first-order chi connectivity index (χ1) is 9.59. The summed E-state index contributed by atoms with van der Waals surface area (Å²) in [5.74, 6) is 0.0995. The Kier molecular flexibility index (Phi) is 8.56. The van der Waals surface area contributed by atoms with E-state index in [1.807, 2.05) is 0 Å². The molecule has 0 fully saturated rings. The molecule has 0 saturated heterocycles. The van der Waals surface area contributed by atoms with Crippen LogP contribution in [0.15, 0.2) is 24.3 Å². The predicted molar refractivity (Wildman–Crippen MR) is 85.4 cm³/mol. The van der Waals surface area contributed by atoms with Gasteiger partial charge in [0.2, 0.25) is 0 Å². The van der Waals surface area contributed by atoms with Crippen molar-refractivity contribution >= 4 is 16.6 Å². The minimum Gasteiger partial charge on any atom is -0.285 e. The van der Waals surface area contributed by atoms with Crippen LogP contribution >= 0.6 is 16.6 Å². The Bertz CT molecular complexity index is 380. The maximum atomic E-state index is 13.2. The van der Waals surface area contributed by atoms with Crippen LogP contribution in [0.25, 0.3) is 0 Å². The molecular formula is C14H24FO3P2+. The van der Waals surface area contributed by atoms with E-state index in [1.165, 1.54) is 12.1 Å². The minimum absolute atomic E-state index is 0.332. The fourth-order valence-corrected chi connectivity index (χ4v) is 3.79. The Labute approximate surface area is 123 Å². The summed E-state index contributed by atoms with van der Waals surface area (Å²) in [6.45, 7) is 5.35. The summed E-state index contributed by atoms with van der Waals surface area (Å²) in [5, 5.41) is 0. The van der Waals surface area contributed by atoms with E-state index in [4.69, 9.17) is 13.6 Å². The van der Waals surface area contributed by atoms with Crippen LogP contribution < -0.4 is 4.52 Å². The molecule has 0 aliphatic heterocycles. The average Bonchev–Trinajstić information content (AvgIpc) is 2.39. The number of hydrogen-bond acceptors (Lipinski definition) is 3. The van der Waals surface area contributed by atoms with Gasteiger partial charge in [-0.25, -0.2) is 4.39 Å². The van der Waals surface area contributed by atoms with Crippen molar-refractivity contribution in [3.63, 3.8) is 0 Å². The highest BCUT2D eigenvalue weighted by atomic mass is 32.1. The third-order valence-corrected chi connectivity index (χ3v) is 5.33. The van der Waals surface area contributed by atoms with E-state index in [9.17, 15) is 4.39 Å². The minimum atomic E-state index is -2.52. The quantitative estimate of drug-likeness (QED) is 0.427. The molecule has 1 atom stereocenters. The lowest BCUT2D eigenvalue weighted by molar-refractivity contribution is 0.194. The summed E-state index contributed by atoms with van der Waals surface area (Å²) in [7, 11) is 0.0239. The van der Waals surface area contributed by atoms with Crippen molar-refractivity contribution in [3.8, 4) is 5.75 Å². The zero-order valence-corrected chi connectivity index (χ0v) is 14.2. The van der Waals surface area contributed by atoms with Crippen LogP contribution in [0.3, 0.4) is 0 Å². The number of hydrogen-bond donors (Lipinski definition) is 0. The van der Waals surface area contributed by atoms with E-state index in [-0.39, 0.29) is 5.82 Å². The molecule has 0 bridgehead atoms. The van der Waals surface area contributed by atoms with Crippen LogP contribution in [-0.2, 0) is 9.05 Å². The average molecular weight is 321 g/mol. The molecule has 1 aromatic carbocycles. The van der Waals surface area contributed by atoms with Gasteiger partial charge in [0.15, 0.2) is 5.75 Å². The summed E-state index contributed by atoms with van der Waals surface area (Å²) in [6, 6.07) is 6.03. The molecule has 1 rings (SSSR count). The molecule has 0 aliphatic rings. The van der Waals surface area contributed by atoms with Crippen molar-refractivity contribution in [1.29, 1.82) is 0 Å². The second-order valence-electron chi connectivity index (χ2n) is 4.46. The molecule has 20 heavy (non-hydrogen) atoms. The number of unbranched alkanes of at least 4 members (excludes halogenated alkanes) is 2. The third kappa shape index (κ3) is 6.95. The standard InChI is InChI=1S/C14H24FO3P2/c1-3-5-10-16-20(19,17-11-6-4-2)18-14-9-7-8-13(15)12-14/h7-9,12H,3-6,10-11,19H2,1-2H3/q+1. The molecule has 0 saturated carbocycles. The molecule has 0 amide bonds. The molecule has 0 aromatic heterocycles. The highest BCUT2D eigenvalue weighted by molar-refractivity contribution is 8.16. The molecule has 0 spiro atoms. The maximum absolute atomic E-state index is 13.2. The van der Waals surface area contributed by atoms with Crippen LogP contribution in [-0.4, -0.2) is 13.2 Å². The largest absolute Gasteiger partial charge is 0.466 e. The van der Waals surface area contributed by atoms with Gasteiger partial charge in [-0.15, -0.1) is 0 Å². The second kappa shape index (κ2) is 9.63. The molecule has 0 radical (unpaired) electrons. The number of rotatable bonds is 10. The molecule has 1 aromatic rings. The van der Waals surface area contributed by atoms with Gasteiger partial charge in [-0.1, -0.05) is 32.8 Å². The summed E-state index contributed by atoms with van der Waals surface area (Å²) < 4.78 is 30.5. The van der Waals surface area contributed by atoms with Gasteiger partial charge in [-0.3, -0.25) is 4.52 Å². The van der Waals surface area contributed by atoms with Crippen molar-refractivity contribution in [2.45, 2.75) is 39.5 Å². The Morgan fingerprint density at radius 2 is 1.70 bits per heavy atom. The van der Waals surface area contributed by atoms with Crippen LogP contribution in [0, 0.1) is 5.82 Å². The van der Waals surface area contributed by atoms with Crippen LogP contribution in [0.5, 0.6) is 5.75 Å². The number of benzene rings is 1. The highest BCUT2D eigenvalue weighted by Gasteiger charge is 2.40. The topological polar surface area (TPSA) is 27.7 Å². The zero-order valence-electron chi connectivity index (χ0n) is 12.2. The van der Waals surface area contributed by atoms with Crippen molar-refractivity contribution in [2.75, 3.05) is 13.2 Å². The van der Waals surface area contributed by atoms with E-state index in [1.54, 1.807) is 12.1 Å². The van der Waals surface area contributed by atoms with E-state index < -0.39 is 7.63 Å². The van der Waals surface area contributed by atoms with Gasteiger partial charge < -0.3 is 0 Å². The maximum Gasteiger partial charge on any atom is 0.466 e. The first-order valence-corrected chi connectivity index (χ1v) is 10.2. The van der Waals surface area contributed by atoms with E-state index in [2.05, 4.69) is 22.8 Å². The summed E-state index contributed by atoms with van der Waals surface area (Å²) in [5.41, 5.74) is 0. The lowest BCUT2D eigenvalue weighted by Gasteiger charge is -2.18. The van der Waals surface area contributed by atoms with Gasteiger partial charge in [-0.05, 0) is 25.0 Å². The van der Waals surface area contributed by atoms with Gasteiger partial charge in [0.25, 0.3) is 0 Å². The zero-order chi connectivity index (χ0) is 14.8. The summed E-state index contributed by atoms with van der Waals surface area (Å²) >= 11 is 0. The number of halogens is 1. The lowest BCUT2D eigenvalue weighted by Crippen LogP contribution is -2.06. The second-order valence-corrected chi connectivity index (χ2v) is 8.14. The monoisotopic (exact) mass is 321 g/mol. The molecule has 0 heterocycles. The summed E-state index contributed by atoms with van der Waals surface area (Å²) in [6.07, 6.45) is 3.97. The Morgan fingerprint density at radius 3 is 2.20 bits per heavy atom. The molecule has 3 nitrogen and oxygen atoms in total. The lowest BCUT2D eigenvalue weighted by atomic mass is 10.3. The third-order valence-electron chi connectivity index (χ3n) is 2.57. The highest BCUT2D eigenvalue weighted by Crippen LogP contribution is 2.68. The Balaban J connectivity index is 2.64. The van der Waals surface area contributed by atoms with Gasteiger partial charge in [0.1, 0.15) is 14.7 Å². The Morgan fingerprint density at radius 1 is 1.10 bits per heavy atom. The first kappa shape index (κ1) is 17.8. The van der Waals surface area contributed by atoms with Crippen molar-refractivity contribution < 1.29 is 18.0 Å². The van der Waals surface area contributed by atoms with Crippen molar-refractivity contribution in [3.05, 3.63) is 30.1 Å². The van der Waals surface area contributed by atoms with Crippen molar-refractivity contribution in [1.82, 2.24) is 0 Å². The molecule has 6 heteroatoms. The van der Waals surface area contributed by atoms with Crippen LogP contribution in [0.4, 0.5) is 4.39 Å². The normalized spacial score (nSPS) is 11.6. The summed E-state index contributed by atoms with van der Waals surface area (Å²) in [4.78, 5) is 0. The predicted octanol–water partition coefficient (Wildman–Crippen LogP) is 5.39. The van der Waals surface area contributed by atoms with Crippen LogP contribution in [0.1, 0.15) is 39.5 Å². The fourth-order valence-electron chi connectivity index (χ4n) is 1.43. The van der Waals surface area contributed by atoms with E-state index in [0.717, 1.165) is 25.7 Å².